The van der Waals surface area contributed by atoms with Gasteiger partial charge < -0.3 is 5.73 Å². The van der Waals surface area contributed by atoms with Crippen LogP contribution in [0.3, 0.4) is 0 Å². The smallest absolute Gasteiger partial charge is 0.0165 e. The van der Waals surface area contributed by atoms with Gasteiger partial charge in [-0.15, -0.1) is 0 Å². The largest absolute Gasteiger partial charge is 0.327 e. The molecule has 1 saturated carbocycles. The third-order valence-corrected chi connectivity index (χ3v) is 5.13. The molecule has 0 saturated heterocycles. The minimum atomic E-state index is 0.222. The van der Waals surface area contributed by atoms with Gasteiger partial charge in [-0.05, 0) is 36.3 Å². The highest BCUT2D eigenvalue weighted by Crippen LogP contribution is 2.45. The number of hydrogen-bond donors (Lipinski definition) is 1. The Bertz CT molecular complexity index is 412. The van der Waals surface area contributed by atoms with Gasteiger partial charge in [-0.2, -0.15) is 0 Å². The molecule has 0 spiro atoms. The first kappa shape index (κ1) is 11.3. The summed E-state index contributed by atoms with van der Waals surface area (Å²) in [6.07, 6.45) is 7.89. The van der Waals surface area contributed by atoms with Gasteiger partial charge in [0.05, 0.1) is 0 Å². The van der Waals surface area contributed by atoms with E-state index < -0.39 is 0 Å². The Morgan fingerprint density at radius 1 is 1.18 bits per heavy atom. The van der Waals surface area contributed by atoms with Crippen molar-refractivity contribution in [2.75, 3.05) is 0 Å². The first-order chi connectivity index (χ1) is 8.22. The van der Waals surface area contributed by atoms with Gasteiger partial charge in [0.1, 0.15) is 0 Å². The van der Waals surface area contributed by atoms with Crippen LogP contribution in [0.15, 0.2) is 24.3 Å². The predicted molar refractivity (Wildman–Crippen MR) is 72.0 cm³/mol. The molecular weight excluding hydrogens is 206 g/mol. The van der Waals surface area contributed by atoms with Gasteiger partial charge in [-0.25, -0.2) is 0 Å². The second kappa shape index (κ2) is 4.13. The molecule has 2 bridgehead atoms. The average Bonchev–Trinajstić information content (AvgIpc) is 2.35. The molecule has 3 rings (SSSR count). The van der Waals surface area contributed by atoms with E-state index in [1.165, 1.54) is 44.1 Å². The number of benzene rings is 1. The Morgan fingerprint density at radius 2 is 2.00 bits per heavy atom. The number of rotatable bonds is 0. The van der Waals surface area contributed by atoms with E-state index in [1.54, 1.807) is 5.56 Å². The lowest BCUT2D eigenvalue weighted by Gasteiger charge is -2.47. The molecule has 1 unspecified atom stereocenters. The molecule has 0 heterocycles. The molecule has 0 aromatic heterocycles. The van der Waals surface area contributed by atoms with Crippen LogP contribution in [0.25, 0.3) is 0 Å². The fourth-order valence-electron chi connectivity index (χ4n) is 4.02. The monoisotopic (exact) mass is 229 g/mol. The van der Waals surface area contributed by atoms with Gasteiger partial charge in [0.25, 0.3) is 0 Å². The van der Waals surface area contributed by atoms with Crippen LogP contribution in [0.4, 0.5) is 0 Å². The third kappa shape index (κ3) is 1.72. The zero-order chi connectivity index (χ0) is 11.9. The van der Waals surface area contributed by atoms with Crippen molar-refractivity contribution in [2.45, 2.75) is 56.9 Å². The molecule has 2 N–H and O–H groups in total. The number of fused-ring (bicyclic) bond motifs is 4. The van der Waals surface area contributed by atoms with Crippen LogP contribution >= 0.6 is 0 Å². The molecule has 0 amide bonds. The summed E-state index contributed by atoms with van der Waals surface area (Å²) in [5, 5.41) is 0. The van der Waals surface area contributed by atoms with Crippen molar-refractivity contribution in [3.05, 3.63) is 35.4 Å². The lowest BCUT2D eigenvalue weighted by Crippen LogP contribution is -2.52. The van der Waals surface area contributed by atoms with Crippen LogP contribution in [-0.2, 0) is 11.8 Å². The van der Waals surface area contributed by atoms with Crippen molar-refractivity contribution < 1.29 is 0 Å². The summed E-state index contributed by atoms with van der Waals surface area (Å²) >= 11 is 0. The maximum Gasteiger partial charge on any atom is 0.0165 e. The molecule has 0 radical (unpaired) electrons. The molecule has 17 heavy (non-hydrogen) atoms. The summed E-state index contributed by atoms with van der Waals surface area (Å²) in [5.41, 5.74) is 9.92. The second-order valence-corrected chi connectivity index (χ2v) is 6.16. The van der Waals surface area contributed by atoms with E-state index in [0.29, 0.717) is 12.0 Å². The Labute approximate surface area is 104 Å². The summed E-state index contributed by atoms with van der Waals surface area (Å²) in [5.74, 6) is 0.704. The molecule has 0 aliphatic heterocycles. The molecule has 92 valence electrons. The molecule has 1 heteroatoms. The van der Waals surface area contributed by atoms with E-state index in [1.807, 2.05) is 0 Å². The normalized spacial score (nSPS) is 36.8. The van der Waals surface area contributed by atoms with Crippen LogP contribution in [-0.4, -0.2) is 6.04 Å². The van der Waals surface area contributed by atoms with Gasteiger partial charge in [0, 0.05) is 11.5 Å². The van der Waals surface area contributed by atoms with Crippen molar-refractivity contribution in [1.82, 2.24) is 0 Å². The van der Waals surface area contributed by atoms with Crippen molar-refractivity contribution in [1.29, 1.82) is 0 Å². The lowest BCUT2D eigenvalue weighted by atomic mass is 9.60. The molecule has 2 aliphatic rings. The van der Waals surface area contributed by atoms with E-state index in [4.69, 9.17) is 5.73 Å². The quantitative estimate of drug-likeness (QED) is 0.725. The van der Waals surface area contributed by atoms with Gasteiger partial charge in [-0.3, -0.25) is 0 Å². The van der Waals surface area contributed by atoms with Gasteiger partial charge >= 0.3 is 0 Å². The van der Waals surface area contributed by atoms with Crippen molar-refractivity contribution >= 4 is 0 Å². The molecule has 1 aromatic rings. The molecule has 1 nitrogen and oxygen atoms in total. The van der Waals surface area contributed by atoms with E-state index in [0.717, 1.165) is 0 Å². The maximum absolute atomic E-state index is 6.60. The first-order valence-electron chi connectivity index (χ1n) is 7.06. The maximum atomic E-state index is 6.60. The minimum Gasteiger partial charge on any atom is -0.327 e. The van der Waals surface area contributed by atoms with Crippen LogP contribution in [0.2, 0.25) is 0 Å². The topological polar surface area (TPSA) is 26.0 Å². The summed E-state index contributed by atoms with van der Waals surface area (Å²) in [7, 11) is 0. The fourth-order valence-corrected chi connectivity index (χ4v) is 4.02. The van der Waals surface area contributed by atoms with E-state index in [2.05, 4.69) is 31.2 Å². The first-order valence-corrected chi connectivity index (χ1v) is 7.06. The zero-order valence-corrected chi connectivity index (χ0v) is 10.8. The highest BCUT2D eigenvalue weighted by molar-refractivity contribution is 5.39. The summed E-state index contributed by atoms with van der Waals surface area (Å²) in [6.45, 7) is 2.40. The van der Waals surface area contributed by atoms with Crippen molar-refractivity contribution in [3.8, 4) is 0 Å². The molecule has 3 atom stereocenters. The SMILES string of the molecule is C[C@@]12CCCCCC(Cc3ccccc31)[C@@H]2N. The zero-order valence-electron chi connectivity index (χ0n) is 10.8. The fraction of sp³-hybridized carbons (Fsp3) is 0.625. The highest BCUT2D eigenvalue weighted by Gasteiger charge is 2.43. The Hall–Kier alpha value is -0.820. The van der Waals surface area contributed by atoms with E-state index in [-0.39, 0.29) is 5.41 Å². The van der Waals surface area contributed by atoms with E-state index >= 15 is 0 Å². The van der Waals surface area contributed by atoms with Crippen LogP contribution in [0.1, 0.15) is 50.2 Å². The summed E-state index contributed by atoms with van der Waals surface area (Å²) < 4.78 is 0. The molecule has 1 fully saturated rings. The number of hydrogen-bond acceptors (Lipinski definition) is 1. The predicted octanol–water partition coefficient (Wildman–Crippen LogP) is 3.41. The van der Waals surface area contributed by atoms with Gasteiger partial charge in [0.15, 0.2) is 0 Å². The lowest BCUT2D eigenvalue weighted by molar-refractivity contribution is 0.202. The molecule has 2 aliphatic carbocycles. The molecule has 1 aromatic carbocycles. The van der Waals surface area contributed by atoms with Gasteiger partial charge in [0.2, 0.25) is 0 Å². The summed E-state index contributed by atoms with van der Waals surface area (Å²) in [6, 6.07) is 9.34. The highest BCUT2D eigenvalue weighted by atomic mass is 14.7. The van der Waals surface area contributed by atoms with Crippen LogP contribution in [0.5, 0.6) is 0 Å². The Morgan fingerprint density at radius 3 is 2.88 bits per heavy atom. The van der Waals surface area contributed by atoms with Gasteiger partial charge in [-0.1, -0.05) is 50.5 Å². The second-order valence-electron chi connectivity index (χ2n) is 6.16. The van der Waals surface area contributed by atoms with Crippen LogP contribution < -0.4 is 5.73 Å². The number of nitrogens with two attached hydrogens (primary N) is 1. The Balaban J connectivity index is 2.09. The van der Waals surface area contributed by atoms with Crippen molar-refractivity contribution in [3.63, 3.8) is 0 Å². The minimum absolute atomic E-state index is 0.222. The summed E-state index contributed by atoms with van der Waals surface area (Å²) in [4.78, 5) is 0. The standard InChI is InChI=1S/C16H23N/c1-16-10-6-2-3-8-13(15(16)17)11-12-7-4-5-9-14(12)16/h4-5,7,9,13,15H,2-3,6,8,10-11,17H2,1H3/t13?,15-,16+/m0/s1. The Kier molecular flexibility index (Phi) is 2.74. The third-order valence-electron chi connectivity index (χ3n) is 5.13. The van der Waals surface area contributed by atoms with Crippen LogP contribution in [0, 0.1) is 5.92 Å². The average molecular weight is 229 g/mol. The molecular formula is C16H23N. The van der Waals surface area contributed by atoms with Crippen molar-refractivity contribution in [2.24, 2.45) is 11.7 Å². The van der Waals surface area contributed by atoms with E-state index in [9.17, 15) is 0 Å².